The van der Waals surface area contributed by atoms with E-state index in [1.54, 1.807) is 24.2 Å². The molecule has 42 heavy (non-hydrogen) atoms. The second-order valence-electron chi connectivity index (χ2n) is 10.4. The van der Waals surface area contributed by atoms with Crippen molar-refractivity contribution in [2.45, 2.75) is 39.7 Å². The van der Waals surface area contributed by atoms with Gasteiger partial charge in [-0.25, -0.2) is 13.8 Å². The van der Waals surface area contributed by atoms with E-state index in [0.717, 1.165) is 23.8 Å². The zero-order chi connectivity index (χ0) is 30.7. The lowest BCUT2D eigenvalue weighted by Gasteiger charge is -2.41. The Morgan fingerprint density at radius 3 is 2.57 bits per heavy atom. The second-order valence-corrected chi connectivity index (χ2v) is 10.4. The maximum atomic E-state index is 15.9. The van der Waals surface area contributed by atoms with Crippen molar-refractivity contribution in [3.05, 3.63) is 77.6 Å². The molecule has 0 saturated carbocycles. The van der Waals surface area contributed by atoms with Crippen molar-refractivity contribution in [1.82, 2.24) is 19.8 Å². The van der Waals surface area contributed by atoms with Gasteiger partial charge in [-0.1, -0.05) is 20.4 Å². The first kappa shape index (κ1) is 30.3. The van der Waals surface area contributed by atoms with Crippen LogP contribution in [0, 0.1) is 18.6 Å². The van der Waals surface area contributed by atoms with Crippen LogP contribution in [0.25, 0.3) is 11.3 Å². The largest absolute Gasteiger partial charge is 0.508 e. The number of halogens is 2. The summed E-state index contributed by atoms with van der Waals surface area (Å²) in [5, 5.41) is 10.0. The normalized spacial score (nSPS) is 15.6. The Balaban J connectivity index is 1.97. The van der Waals surface area contributed by atoms with E-state index in [4.69, 9.17) is 0 Å². The molecular formula is C31H34F2N6O3. The molecule has 2 aromatic heterocycles. The molecule has 0 spiro atoms. The van der Waals surface area contributed by atoms with E-state index in [0.29, 0.717) is 43.3 Å². The Morgan fingerprint density at radius 1 is 1.21 bits per heavy atom. The van der Waals surface area contributed by atoms with Gasteiger partial charge in [0.15, 0.2) is 5.82 Å². The molecule has 1 N–H and O–H groups in total. The molecule has 1 atom stereocenters. The highest BCUT2D eigenvalue weighted by atomic mass is 19.1. The van der Waals surface area contributed by atoms with Crippen LogP contribution >= 0.6 is 0 Å². The molecule has 3 aromatic rings. The van der Waals surface area contributed by atoms with E-state index in [1.807, 2.05) is 32.6 Å². The standard InChI is InChI=1S/C31H34F2N6O3/c1-7-26(42)37-12-13-38(20(5)16-37)30(34-6)23-15-25(33)28(22-14-21(41)8-9-24(22)32)36-31(23)39(17-40)29-19(4)10-11-35-27(29)18(2)3/h7-11,14-15,17-18,20,41H,1,12-13,16H2,2-6H3. The third kappa shape index (κ3) is 5.72. The van der Waals surface area contributed by atoms with E-state index in [2.05, 4.69) is 21.5 Å². The van der Waals surface area contributed by atoms with Crippen LogP contribution in [0.1, 0.15) is 43.5 Å². The lowest BCUT2D eigenvalue weighted by molar-refractivity contribution is -0.128. The number of phenolic OH excluding ortho intramolecular Hbond substituents is 1. The molecule has 1 unspecified atom stereocenters. The third-order valence-electron chi connectivity index (χ3n) is 7.28. The van der Waals surface area contributed by atoms with Gasteiger partial charge in [-0.3, -0.25) is 24.5 Å². The number of aromatic hydroxyl groups is 1. The fourth-order valence-electron chi connectivity index (χ4n) is 5.23. The Kier molecular flexibility index (Phi) is 8.99. The fourth-order valence-corrected chi connectivity index (χ4v) is 5.23. The van der Waals surface area contributed by atoms with Gasteiger partial charge in [0.2, 0.25) is 12.3 Å². The SMILES string of the molecule is C=CC(=O)N1CCN(C(=NC)c2cc(F)c(-c3cc(O)ccc3F)nc2N(C=O)c2c(C)ccnc2C(C)C)C(C)C1. The number of amides is 2. The quantitative estimate of drug-likeness (QED) is 0.185. The molecular weight excluding hydrogens is 542 g/mol. The van der Waals surface area contributed by atoms with Gasteiger partial charge in [-0.05, 0) is 61.7 Å². The zero-order valence-corrected chi connectivity index (χ0v) is 24.3. The molecule has 0 radical (unpaired) electrons. The van der Waals surface area contributed by atoms with Crippen LogP contribution < -0.4 is 4.90 Å². The number of pyridine rings is 2. The summed E-state index contributed by atoms with van der Waals surface area (Å²) in [5.41, 5.74) is 1.35. The number of hydrogen-bond donors (Lipinski definition) is 1. The third-order valence-corrected chi connectivity index (χ3v) is 7.28. The minimum atomic E-state index is -0.870. The first-order valence-corrected chi connectivity index (χ1v) is 13.6. The van der Waals surface area contributed by atoms with Crippen LogP contribution in [0.5, 0.6) is 5.75 Å². The molecule has 2 amide bonds. The highest BCUT2D eigenvalue weighted by Crippen LogP contribution is 2.38. The molecule has 3 heterocycles. The minimum Gasteiger partial charge on any atom is -0.508 e. The van der Waals surface area contributed by atoms with E-state index in [-0.39, 0.29) is 46.3 Å². The maximum Gasteiger partial charge on any atom is 0.246 e. The van der Waals surface area contributed by atoms with Crippen molar-refractivity contribution in [3.8, 4) is 17.0 Å². The number of amidine groups is 1. The van der Waals surface area contributed by atoms with Crippen molar-refractivity contribution in [2.24, 2.45) is 4.99 Å². The number of aryl methyl sites for hydroxylation is 1. The number of piperazine rings is 1. The number of rotatable bonds is 7. The number of carbonyl (C=O) groups excluding carboxylic acids is 2. The summed E-state index contributed by atoms with van der Waals surface area (Å²) in [4.78, 5) is 43.5. The average Bonchev–Trinajstić information content (AvgIpc) is 2.96. The summed E-state index contributed by atoms with van der Waals surface area (Å²) >= 11 is 0. The predicted octanol–water partition coefficient (Wildman–Crippen LogP) is 4.95. The van der Waals surface area contributed by atoms with Crippen molar-refractivity contribution in [1.29, 1.82) is 0 Å². The number of hydrogen-bond acceptors (Lipinski definition) is 6. The summed E-state index contributed by atoms with van der Waals surface area (Å²) in [6, 6.07) is 5.95. The van der Waals surface area contributed by atoms with Gasteiger partial charge in [0.05, 0.1) is 16.9 Å². The number of aromatic nitrogens is 2. The molecule has 1 saturated heterocycles. The zero-order valence-electron chi connectivity index (χ0n) is 24.3. The molecule has 220 valence electrons. The van der Waals surface area contributed by atoms with E-state index >= 15 is 4.39 Å². The molecule has 0 bridgehead atoms. The van der Waals surface area contributed by atoms with Gasteiger partial charge in [0, 0.05) is 44.5 Å². The first-order valence-electron chi connectivity index (χ1n) is 13.6. The van der Waals surface area contributed by atoms with Crippen LogP contribution in [0.15, 0.2) is 54.2 Å². The molecule has 11 heteroatoms. The number of nitrogens with zero attached hydrogens (tertiary/aromatic N) is 6. The van der Waals surface area contributed by atoms with Crippen molar-refractivity contribution in [3.63, 3.8) is 0 Å². The van der Waals surface area contributed by atoms with Crippen LogP contribution in [0.2, 0.25) is 0 Å². The van der Waals surface area contributed by atoms with E-state index in [9.17, 15) is 19.1 Å². The minimum absolute atomic E-state index is 0.0135. The van der Waals surface area contributed by atoms with Gasteiger partial charge >= 0.3 is 0 Å². The molecule has 9 nitrogen and oxygen atoms in total. The Bertz CT molecular complexity index is 1560. The summed E-state index contributed by atoms with van der Waals surface area (Å²) in [6.07, 6.45) is 3.48. The van der Waals surface area contributed by atoms with E-state index < -0.39 is 11.6 Å². The number of benzene rings is 1. The molecule has 1 fully saturated rings. The van der Waals surface area contributed by atoms with Crippen molar-refractivity contribution < 1.29 is 23.5 Å². The van der Waals surface area contributed by atoms with Crippen LogP contribution in [0.4, 0.5) is 20.3 Å². The number of phenols is 1. The van der Waals surface area contributed by atoms with Gasteiger partial charge in [-0.2, -0.15) is 0 Å². The van der Waals surface area contributed by atoms with E-state index in [1.165, 1.54) is 17.0 Å². The molecule has 1 aliphatic rings. The number of anilines is 2. The number of carbonyl (C=O) groups is 2. The smallest absolute Gasteiger partial charge is 0.246 e. The van der Waals surface area contributed by atoms with Crippen LogP contribution in [-0.2, 0) is 9.59 Å². The maximum absolute atomic E-state index is 15.9. The summed E-state index contributed by atoms with van der Waals surface area (Å²) in [5.74, 6) is -1.85. The van der Waals surface area contributed by atoms with Crippen molar-refractivity contribution in [2.75, 3.05) is 31.6 Å². The molecule has 1 aromatic carbocycles. The van der Waals surface area contributed by atoms with Gasteiger partial charge in [0.1, 0.15) is 28.9 Å². The summed E-state index contributed by atoms with van der Waals surface area (Å²) in [6.45, 7) is 12.3. The highest BCUT2D eigenvalue weighted by molar-refractivity contribution is 6.07. The highest BCUT2D eigenvalue weighted by Gasteiger charge is 2.33. The first-order chi connectivity index (χ1) is 20.0. The average molecular weight is 577 g/mol. The lowest BCUT2D eigenvalue weighted by atomic mass is 10.0. The van der Waals surface area contributed by atoms with Crippen LogP contribution in [-0.4, -0.2) is 75.8 Å². The second kappa shape index (κ2) is 12.5. The Hall–Kier alpha value is -4.67. The Morgan fingerprint density at radius 2 is 1.95 bits per heavy atom. The molecule has 1 aliphatic heterocycles. The number of aliphatic imine (C=N–C) groups is 1. The summed E-state index contributed by atoms with van der Waals surface area (Å²) in [7, 11) is 1.55. The van der Waals surface area contributed by atoms with Gasteiger partial charge in [-0.15, -0.1) is 0 Å². The Labute approximate surface area is 243 Å². The summed E-state index contributed by atoms with van der Waals surface area (Å²) < 4.78 is 30.8. The van der Waals surface area contributed by atoms with Crippen molar-refractivity contribution >= 4 is 29.7 Å². The predicted molar refractivity (Wildman–Crippen MR) is 158 cm³/mol. The van der Waals surface area contributed by atoms with Crippen LogP contribution in [0.3, 0.4) is 0 Å². The van der Waals surface area contributed by atoms with Gasteiger partial charge < -0.3 is 14.9 Å². The fraction of sp³-hybridized carbons (Fsp3) is 0.323. The van der Waals surface area contributed by atoms with Gasteiger partial charge in [0.25, 0.3) is 0 Å². The topological polar surface area (TPSA) is 102 Å². The monoisotopic (exact) mass is 576 g/mol. The molecule has 4 rings (SSSR count). The lowest BCUT2D eigenvalue weighted by Crippen LogP contribution is -2.55. The molecule has 0 aliphatic carbocycles.